The molecule has 0 spiro atoms. The summed E-state index contributed by atoms with van der Waals surface area (Å²) in [7, 11) is 1.72. The smallest absolute Gasteiger partial charge is 0.193 e. The van der Waals surface area contributed by atoms with Gasteiger partial charge in [0.2, 0.25) is 0 Å². The van der Waals surface area contributed by atoms with Crippen LogP contribution >= 0.6 is 0 Å². The number of aromatic nitrogens is 1. The van der Waals surface area contributed by atoms with Gasteiger partial charge in [-0.1, -0.05) is 0 Å². The summed E-state index contributed by atoms with van der Waals surface area (Å²) < 4.78 is 14.1. The molecule has 0 aliphatic heterocycles. The highest BCUT2D eigenvalue weighted by atomic mass is 19.1. The van der Waals surface area contributed by atoms with Crippen molar-refractivity contribution in [3.8, 4) is 0 Å². The molecule has 1 aromatic heterocycles. The Bertz CT molecular complexity index is 203. The van der Waals surface area contributed by atoms with Gasteiger partial charge in [-0.2, -0.15) is 4.39 Å². The van der Waals surface area contributed by atoms with E-state index in [2.05, 4.69) is 0 Å². The molecule has 0 aromatic carbocycles. The molecule has 9 heavy (non-hydrogen) atoms. The summed E-state index contributed by atoms with van der Waals surface area (Å²) in [6.07, 6.45) is 0. The van der Waals surface area contributed by atoms with E-state index in [1.54, 1.807) is 7.05 Å². The number of aryl methyl sites for hydroxylation is 1. The third kappa shape index (κ3) is 0.846. The Balaban J connectivity index is 3.29. The van der Waals surface area contributed by atoms with Crippen molar-refractivity contribution in [1.29, 1.82) is 0 Å². The summed E-state index contributed by atoms with van der Waals surface area (Å²) in [4.78, 5) is 0. The summed E-state index contributed by atoms with van der Waals surface area (Å²) >= 11 is 0. The Morgan fingerprint density at radius 1 is 1.44 bits per heavy atom. The van der Waals surface area contributed by atoms with Crippen LogP contribution in [0.4, 0.5) is 4.39 Å². The van der Waals surface area contributed by atoms with E-state index in [9.17, 15) is 4.39 Å². The standard InChI is InChI=1S/C7H10FN/c1-5-4-7(8)9(3)6(5)2/h4H,1-3H3. The number of rotatable bonds is 0. The van der Waals surface area contributed by atoms with Crippen LogP contribution < -0.4 is 0 Å². The predicted molar refractivity (Wildman–Crippen MR) is 34.8 cm³/mol. The van der Waals surface area contributed by atoms with E-state index in [4.69, 9.17) is 0 Å². The fraction of sp³-hybridized carbons (Fsp3) is 0.429. The summed E-state index contributed by atoms with van der Waals surface area (Å²) in [5, 5.41) is 0. The highest BCUT2D eigenvalue weighted by molar-refractivity contribution is 5.19. The maximum absolute atomic E-state index is 12.6. The lowest BCUT2D eigenvalue weighted by Crippen LogP contribution is -1.93. The van der Waals surface area contributed by atoms with Crippen LogP contribution in [0.5, 0.6) is 0 Å². The van der Waals surface area contributed by atoms with Gasteiger partial charge < -0.3 is 4.57 Å². The van der Waals surface area contributed by atoms with Crippen LogP contribution in [-0.4, -0.2) is 4.57 Å². The molecule has 0 saturated carbocycles. The van der Waals surface area contributed by atoms with Crippen LogP contribution in [0.15, 0.2) is 6.07 Å². The molecule has 50 valence electrons. The van der Waals surface area contributed by atoms with Gasteiger partial charge in [-0.25, -0.2) is 0 Å². The number of halogens is 1. The SMILES string of the molecule is Cc1cc(F)n(C)c1C. The minimum absolute atomic E-state index is 0.162. The van der Waals surface area contributed by atoms with E-state index >= 15 is 0 Å². The monoisotopic (exact) mass is 127 g/mol. The van der Waals surface area contributed by atoms with Crippen molar-refractivity contribution in [2.75, 3.05) is 0 Å². The summed E-state index contributed by atoms with van der Waals surface area (Å²) in [5.41, 5.74) is 2.00. The van der Waals surface area contributed by atoms with E-state index < -0.39 is 0 Å². The molecule has 0 saturated heterocycles. The summed E-state index contributed by atoms with van der Waals surface area (Å²) in [6.45, 7) is 3.80. The van der Waals surface area contributed by atoms with Crippen molar-refractivity contribution in [2.45, 2.75) is 13.8 Å². The third-order valence-electron chi connectivity index (χ3n) is 1.73. The van der Waals surface area contributed by atoms with E-state index in [-0.39, 0.29) is 5.95 Å². The number of hydrogen-bond donors (Lipinski definition) is 0. The molecule has 1 nitrogen and oxygen atoms in total. The van der Waals surface area contributed by atoms with Crippen LogP contribution in [0.25, 0.3) is 0 Å². The van der Waals surface area contributed by atoms with Gasteiger partial charge >= 0.3 is 0 Å². The molecule has 0 fully saturated rings. The molecule has 2 heteroatoms. The van der Waals surface area contributed by atoms with Crippen molar-refractivity contribution in [2.24, 2.45) is 7.05 Å². The first kappa shape index (κ1) is 6.33. The first-order chi connectivity index (χ1) is 4.13. The molecule has 0 N–H and O–H groups in total. The molecule has 1 aromatic rings. The number of nitrogens with zero attached hydrogens (tertiary/aromatic N) is 1. The second kappa shape index (κ2) is 1.87. The minimum Gasteiger partial charge on any atom is -0.325 e. The quantitative estimate of drug-likeness (QED) is 0.500. The van der Waals surface area contributed by atoms with Gasteiger partial charge in [0.05, 0.1) is 0 Å². The third-order valence-corrected chi connectivity index (χ3v) is 1.73. The molecule has 0 aliphatic carbocycles. The molecule has 1 heterocycles. The van der Waals surface area contributed by atoms with Crippen LogP contribution in [-0.2, 0) is 7.05 Å². The fourth-order valence-electron chi connectivity index (χ4n) is 0.805. The van der Waals surface area contributed by atoms with Gasteiger partial charge in [0, 0.05) is 12.7 Å². The largest absolute Gasteiger partial charge is 0.325 e. The zero-order valence-corrected chi connectivity index (χ0v) is 5.90. The van der Waals surface area contributed by atoms with Crippen molar-refractivity contribution in [1.82, 2.24) is 4.57 Å². The van der Waals surface area contributed by atoms with Crippen molar-refractivity contribution in [3.05, 3.63) is 23.3 Å². The lowest BCUT2D eigenvalue weighted by atomic mass is 10.3. The summed E-state index contributed by atoms with van der Waals surface area (Å²) in [5.74, 6) is -0.162. The van der Waals surface area contributed by atoms with Crippen LogP contribution in [0, 0.1) is 19.8 Å². The normalized spacial score (nSPS) is 10.2. The lowest BCUT2D eigenvalue weighted by Gasteiger charge is -1.95. The highest BCUT2D eigenvalue weighted by Gasteiger charge is 2.02. The molecule has 0 aliphatic rings. The predicted octanol–water partition coefficient (Wildman–Crippen LogP) is 1.78. The van der Waals surface area contributed by atoms with E-state index in [1.807, 2.05) is 13.8 Å². The lowest BCUT2D eigenvalue weighted by molar-refractivity contribution is 0.530. The highest BCUT2D eigenvalue weighted by Crippen LogP contribution is 2.09. The topological polar surface area (TPSA) is 4.93 Å². The molecule has 0 atom stereocenters. The first-order valence-electron chi connectivity index (χ1n) is 2.91. The fourth-order valence-corrected chi connectivity index (χ4v) is 0.805. The summed E-state index contributed by atoms with van der Waals surface area (Å²) in [6, 6.07) is 1.54. The average molecular weight is 127 g/mol. The van der Waals surface area contributed by atoms with Gasteiger partial charge in [0.25, 0.3) is 0 Å². The van der Waals surface area contributed by atoms with Gasteiger partial charge in [-0.05, 0) is 25.5 Å². The minimum atomic E-state index is -0.162. The van der Waals surface area contributed by atoms with Crippen molar-refractivity contribution >= 4 is 0 Å². The zero-order valence-electron chi connectivity index (χ0n) is 5.90. The Morgan fingerprint density at radius 3 is 2.11 bits per heavy atom. The van der Waals surface area contributed by atoms with E-state index in [0.29, 0.717) is 0 Å². The van der Waals surface area contributed by atoms with E-state index in [1.165, 1.54) is 10.6 Å². The Kier molecular flexibility index (Phi) is 1.31. The zero-order chi connectivity index (χ0) is 7.02. The molecule has 0 unspecified atom stereocenters. The average Bonchev–Trinajstić information content (AvgIpc) is 1.98. The maximum Gasteiger partial charge on any atom is 0.193 e. The van der Waals surface area contributed by atoms with Crippen LogP contribution in [0.3, 0.4) is 0 Å². The molecule has 0 radical (unpaired) electrons. The second-order valence-corrected chi connectivity index (χ2v) is 2.29. The number of hydrogen-bond acceptors (Lipinski definition) is 0. The second-order valence-electron chi connectivity index (χ2n) is 2.29. The molecule has 0 amide bonds. The van der Waals surface area contributed by atoms with Gasteiger partial charge in [-0.15, -0.1) is 0 Å². The molecular weight excluding hydrogens is 117 g/mol. The van der Waals surface area contributed by atoms with E-state index in [0.717, 1.165) is 11.3 Å². The van der Waals surface area contributed by atoms with Crippen LogP contribution in [0.2, 0.25) is 0 Å². The Labute approximate surface area is 54.1 Å². The van der Waals surface area contributed by atoms with Crippen molar-refractivity contribution < 1.29 is 4.39 Å². The Morgan fingerprint density at radius 2 is 2.00 bits per heavy atom. The molecular formula is C7H10FN. The van der Waals surface area contributed by atoms with Gasteiger partial charge in [0.1, 0.15) is 0 Å². The molecule has 0 bridgehead atoms. The Hall–Kier alpha value is -0.790. The van der Waals surface area contributed by atoms with Gasteiger partial charge in [0.15, 0.2) is 5.95 Å². The first-order valence-corrected chi connectivity index (χ1v) is 2.91. The maximum atomic E-state index is 12.6. The molecule has 1 rings (SSSR count). The van der Waals surface area contributed by atoms with Crippen molar-refractivity contribution in [3.63, 3.8) is 0 Å². The van der Waals surface area contributed by atoms with Gasteiger partial charge in [-0.3, -0.25) is 0 Å². The van der Waals surface area contributed by atoms with Crippen LogP contribution in [0.1, 0.15) is 11.3 Å².